The van der Waals surface area contributed by atoms with Gasteiger partial charge in [-0.25, -0.2) is 4.98 Å². The summed E-state index contributed by atoms with van der Waals surface area (Å²) in [5.41, 5.74) is -0.112. The maximum Gasteiger partial charge on any atom is 0.254 e. The minimum atomic E-state index is -0.267. The monoisotopic (exact) mass is 192 g/mol. The van der Waals surface area contributed by atoms with E-state index in [9.17, 15) is 9.59 Å². The van der Waals surface area contributed by atoms with E-state index in [1.807, 2.05) is 6.92 Å². The summed E-state index contributed by atoms with van der Waals surface area (Å²) >= 11 is 0. The molecule has 1 atom stereocenters. The van der Waals surface area contributed by atoms with Crippen LogP contribution >= 0.6 is 0 Å². The van der Waals surface area contributed by atoms with Crippen molar-refractivity contribution in [2.75, 3.05) is 0 Å². The number of aryl methyl sites for hydroxylation is 1. The maximum atomic E-state index is 11.5. The standard InChI is InChI=1S/C10H12N2O2/c1-2-8(13)7-3-4-9-11-6-5-10(14)12(7)9/h5-7H,2-4H2,1H3. The van der Waals surface area contributed by atoms with E-state index in [1.54, 1.807) is 0 Å². The number of carbonyl (C=O) groups is 1. The van der Waals surface area contributed by atoms with Gasteiger partial charge in [0.05, 0.1) is 6.04 Å². The Hall–Kier alpha value is -1.45. The van der Waals surface area contributed by atoms with Gasteiger partial charge in [-0.1, -0.05) is 6.92 Å². The first-order chi connectivity index (χ1) is 6.74. The van der Waals surface area contributed by atoms with E-state index in [-0.39, 0.29) is 17.4 Å². The lowest BCUT2D eigenvalue weighted by Crippen LogP contribution is -2.27. The smallest absolute Gasteiger partial charge is 0.254 e. The summed E-state index contributed by atoms with van der Waals surface area (Å²) in [6.45, 7) is 1.82. The van der Waals surface area contributed by atoms with Crippen molar-refractivity contribution in [1.82, 2.24) is 9.55 Å². The minimum Gasteiger partial charge on any atom is -0.297 e. The lowest BCUT2D eigenvalue weighted by molar-refractivity contribution is -0.121. The van der Waals surface area contributed by atoms with Crippen LogP contribution in [0, 0.1) is 0 Å². The molecule has 1 aromatic heterocycles. The van der Waals surface area contributed by atoms with Crippen LogP contribution in [-0.2, 0) is 11.2 Å². The van der Waals surface area contributed by atoms with Gasteiger partial charge in [0.1, 0.15) is 5.82 Å². The summed E-state index contributed by atoms with van der Waals surface area (Å²) in [5.74, 6) is 0.864. The van der Waals surface area contributed by atoms with E-state index >= 15 is 0 Å². The number of rotatable bonds is 2. The second kappa shape index (κ2) is 3.36. The van der Waals surface area contributed by atoms with Gasteiger partial charge in [0.2, 0.25) is 0 Å². The van der Waals surface area contributed by atoms with Crippen molar-refractivity contribution >= 4 is 5.78 Å². The Morgan fingerprint density at radius 1 is 1.71 bits per heavy atom. The average molecular weight is 192 g/mol. The van der Waals surface area contributed by atoms with E-state index in [0.29, 0.717) is 6.42 Å². The predicted molar refractivity (Wildman–Crippen MR) is 51.2 cm³/mol. The molecule has 1 aliphatic rings. The Balaban J connectivity index is 2.48. The third kappa shape index (κ3) is 1.27. The molecule has 1 unspecified atom stereocenters. The fourth-order valence-electron chi connectivity index (χ4n) is 1.91. The van der Waals surface area contributed by atoms with Gasteiger partial charge in [-0.3, -0.25) is 14.2 Å². The normalized spacial score (nSPS) is 19.4. The molecule has 0 spiro atoms. The highest BCUT2D eigenvalue weighted by molar-refractivity contribution is 5.82. The molecule has 0 N–H and O–H groups in total. The third-order valence-electron chi connectivity index (χ3n) is 2.63. The molecule has 1 aromatic rings. The second-order valence-electron chi connectivity index (χ2n) is 3.44. The van der Waals surface area contributed by atoms with E-state index in [1.165, 1.54) is 16.8 Å². The van der Waals surface area contributed by atoms with Gasteiger partial charge in [-0.2, -0.15) is 0 Å². The number of Topliss-reactive ketones (excluding diaryl/α,β-unsaturated/α-hetero) is 1. The molecule has 0 aliphatic carbocycles. The molecule has 0 radical (unpaired) electrons. The zero-order chi connectivity index (χ0) is 10.1. The molecule has 4 nitrogen and oxygen atoms in total. The number of ketones is 1. The minimum absolute atomic E-state index is 0.112. The number of fused-ring (bicyclic) bond motifs is 1. The summed E-state index contributed by atoms with van der Waals surface area (Å²) in [7, 11) is 0. The first kappa shape index (κ1) is 9.12. The molecular weight excluding hydrogens is 180 g/mol. The molecule has 1 aliphatic heterocycles. The van der Waals surface area contributed by atoms with Crippen LogP contribution in [0.4, 0.5) is 0 Å². The highest BCUT2D eigenvalue weighted by Crippen LogP contribution is 2.23. The highest BCUT2D eigenvalue weighted by atomic mass is 16.1. The molecule has 0 saturated heterocycles. The summed E-state index contributed by atoms with van der Waals surface area (Å²) < 4.78 is 1.53. The van der Waals surface area contributed by atoms with E-state index in [4.69, 9.17) is 0 Å². The third-order valence-corrected chi connectivity index (χ3v) is 2.63. The first-order valence-electron chi connectivity index (χ1n) is 4.83. The Morgan fingerprint density at radius 3 is 3.21 bits per heavy atom. The molecular formula is C10H12N2O2. The highest BCUT2D eigenvalue weighted by Gasteiger charge is 2.28. The molecule has 0 bridgehead atoms. The van der Waals surface area contributed by atoms with Gasteiger partial charge >= 0.3 is 0 Å². The number of carbonyl (C=O) groups excluding carboxylic acids is 1. The van der Waals surface area contributed by atoms with Crippen molar-refractivity contribution in [1.29, 1.82) is 0 Å². The number of nitrogens with zero attached hydrogens (tertiary/aromatic N) is 2. The molecule has 74 valence electrons. The van der Waals surface area contributed by atoms with Crippen LogP contribution in [0.3, 0.4) is 0 Å². The number of aromatic nitrogens is 2. The van der Waals surface area contributed by atoms with Gasteiger partial charge in [-0.15, -0.1) is 0 Å². The quantitative estimate of drug-likeness (QED) is 0.693. The van der Waals surface area contributed by atoms with Crippen molar-refractivity contribution in [3.8, 4) is 0 Å². The fourth-order valence-corrected chi connectivity index (χ4v) is 1.91. The average Bonchev–Trinajstić information content (AvgIpc) is 2.62. The molecule has 0 amide bonds. The van der Waals surface area contributed by atoms with Crippen LogP contribution in [0.15, 0.2) is 17.1 Å². The van der Waals surface area contributed by atoms with Crippen LogP contribution < -0.4 is 5.56 Å². The molecule has 0 aromatic carbocycles. The van der Waals surface area contributed by atoms with Crippen LogP contribution in [0.1, 0.15) is 31.6 Å². The second-order valence-corrected chi connectivity index (χ2v) is 3.44. The van der Waals surface area contributed by atoms with Gasteiger partial charge in [0.25, 0.3) is 5.56 Å². The summed E-state index contributed by atoms with van der Waals surface area (Å²) in [6.07, 6.45) is 3.43. The molecule has 2 rings (SSSR count). The predicted octanol–water partition coefficient (Wildman–Crippen LogP) is 0.710. The summed E-state index contributed by atoms with van der Waals surface area (Å²) in [4.78, 5) is 27.2. The lowest BCUT2D eigenvalue weighted by atomic mass is 10.1. The summed E-state index contributed by atoms with van der Waals surface area (Å²) in [5, 5.41) is 0. The van der Waals surface area contributed by atoms with Gasteiger partial charge in [-0.05, 0) is 6.42 Å². The van der Waals surface area contributed by atoms with Crippen molar-refractivity contribution in [2.45, 2.75) is 32.2 Å². The Labute approximate surface area is 81.6 Å². The Kier molecular flexibility index (Phi) is 2.19. The van der Waals surface area contributed by atoms with Crippen molar-refractivity contribution in [2.24, 2.45) is 0 Å². The molecule has 4 heteroatoms. The lowest BCUT2D eigenvalue weighted by Gasteiger charge is -2.10. The van der Waals surface area contributed by atoms with Crippen molar-refractivity contribution in [3.63, 3.8) is 0 Å². The van der Waals surface area contributed by atoms with Gasteiger partial charge in [0, 0.05) is 25.1 Å². The van der Waals surface area contributed by atoms with Crippen molar-refractivity contribution in [3.05, 3.63) is 28.4 Å². The molecule has 14 heavy (non-hydrogen) atoms. The van der Waals surface area contributed by atoms with E-state index in [2.05, 4.69) is 4.98 Å². The molecule has 2 heterocycles. The van der Waals surface area contributed by atoms with E-state index in [0.717, 1.165) is 18.7 Å². The topological polar surface area (TPSA) is 52.0 Å². The van der Waals surface area contributed by atoms with Crippen LogP contribution in [0.25, 0.3) is 0 Å². The van der Waals surface area contributed by atoms with Gasteiger partial charge in [0.15, 0.2) is 5.78 Å². The van der Waals surface area contributed by atoms with Crippen molar-refractivity contribution < 1.29 is 4.79 Å². The number of hydrogen-bond acceptors (Lipinski definition) is 3. The van der Waals surface area contributed by atoms with Crippen LogP contribution in [0.5, 0.6) is 0 Å². The van der Waals surface area contributed by atoms with Gasteiger partial charge < -0.3 is 0 Å². The van der Waals surface area contributed by atoms with E-state index < -0.39 is 0 Å². The Morgan fingerprint density at radius 2 is 2.50 bits per heavy atom. The molecule has 0 fully saturated rings. The van der Waals surface area contributed by atoms with Crippen LogP contribution in [-0.4, -0.2) is 15.3 Å². The number of hydrogen-bond donors (Lipinski definition) is 0. The zero-order valence-electron chi connectivity index (χ0n) is 8.06. The zero-order valence-corrected chi connectivity index (χ0v) is 8.06. The Bertz CT molecular complexity index is 422. The maximum absolute atomic E-state index is 11.5. The fraction of sp³-hybridized carbons (Fsp3) is 0.500. The largest absolute Gasteiger partial charge is 0.297 e. The SMILES string of the molecule is CCC(=O)C1CCc2nccc(=O)n21. The molecule has 0 saturated carbocycles. The first-order valence-corrected chi connectivity index (χ1v) is 4.83. The van der Waals surface area contributed by atoms with Crippen LogP contribution in [0.2, 0.25) is 0 Å². The summed E-state index contributed by atoms with van der Waals surface area (Å²) in [6, 6.07) is 1.14.